The summed E-state index contributed by atoms with van der Waals surface area (Å²) < 4.78 is 5.58. The fraction of sp³-hybridized carbons (Fsp3) is 0.688. The molecule has 3 heteroatoms. The lowest BCUT2D eigenvalue weighted by Crippen LogP contribution is -2.30. The third kappa shape index (κ3) is 3.69. The molecule has 1 aliphatic carbocycles. The summed E-state index contributed by atoms with van der Waals surface area (Å²) in [5.74, 6) is 3.05. The van der Waals surface area contributed by atoms with Crippen molar-refractivity contribution in [2.24, 2.45) is 11.8 Å². The first-order valence-electron chi connectivity index (χ1n) is 7.47. The van der Waals surface area contributed by atoms with E-state index in [0.29, 0.717) is 12.5 Å². The average Bonchev–Trinajstić information content (AvgIpc) is 2.42. The summed E-state index contributed by atoms with van der Waals surface area (Å²) in [7, 11) is 2.05. The lowest BCUT2D eigenvalue weighted by Gasteiger charge is -2.35. The summed E-state index contributed by atoms with van der Waals surface area (Å²) in [6.45, 7) is 6.17. The van der Waals surface area contributed by atoms with Gasteiger partial charge in [-0.1, -0.05) is 13.3 Å². The second-order valence-corrected chi connectivity index (χ2v) is 5.73. The van der Waals surface area contributed by atoms with Crippen LogP contribution in [-0.4, -0.2) is 25.2 Å². The van der Waals surface area contributed by atoms with Gasteiger partial charge in [0.2, 0.25) is 0 Å². The summed E-state index contributed by atoms with van der Waals surface area (Å²) in [6, 6.07) is 2.18. The lowest BCUT2D eigenvalue weighted by molar-refractivity contribution is 0.244. The molecule has 0 bridgehead atoms. The SMILES string of the molecule is CCOc1cncc(C2CC(C)CCC2CNC)c1. The molecular weight excluding hydrogens is 236 g/mol. The molecular formula is C16H26N2O. The summed E-state index contributed by atoms with van der Waals surface area (Å²) >= 11 is 0. The van der Waals surface area contributed by atoms with Crippen molar-refractivity contribution < 1.29 is 4.74 Å². The first-order chi connectivity index (χ1) is 9.24. The van der Waals surface area contributed by atoms with E-state index in [0.717, 1.165) is 24.1 Å². The van der Waals surface area contributed by atoms with E-state index in [1.165, 1.54) is 24.8 Å². The van der Waals surface area contributed by atoms with Gasteiger partial charge in [-0.25, -0.2) is 0 Å². The molecule has 3 nitrogen and oxygen atoms in total. The van der Waals surface area contributed by atoms with Crippen LogP contribution in [0.1, 0.15) is 44.6 Å². The highest BCUT2D eigenvalue weighted by atomic mass is 16.5. The zero-order valence-electron chi connectivity index (χ0n) is 12.4. The van der Waals surface area contributed by atoms with Crippen LogP contribution < -0.4 is 10.1 Å². The van der Waals surface area contributed by atoms with Gasteiger partial charge in [0.1, 0.15) is 5.75 Å². The van der Waals surface area contributed by atoms with Crippen molar-refractivity contribution in [1.82, 2.24) is 10.3 Å². The largest absolute Gasteiger partial charge is 0.492 e. The Labute approximate surface area is 116 Å². The van der Waals surface area contributed by atoms with E-state index in [-0.39, 0.29) is 0 Å². The predicted octanol–water partition coefficient (Wildman–Crippen LogP) is 3.22. The Bertz CT molecular complexity index is 394. The van der Waals surface area contributed by atoms with E-state index in [1.54, 1.807) is 0 Å². The van der Waals surface area contributed by atoms with Crippen LogP contribution in [-0.2, 0) is 0 Å². The van der Waals surface area contributed by atoms with Gasteiger partial charge in [-0.3, -0.25) is 4.98 Å². The van der Waals surface area contributed by atoms with Crippen LogP contribution >= 0.6 is 0 Å². The highest BCUT2D eigenvalue weighted by molar-refractivity contribution is 5.27. The molecule has 1 heterocycles. The maximum atomic E-state index is 5.58. The molecule has 1 aromatic heterocycles. The van der Waals surface area contributed by atoms with Crippen LogP contribution in [0.3, 0.4) is 0 Å². The first kappa shape index (κ1) is 14.3. The second-order valence-electron chi connectivity index (χ2n) is 5.73. The van der Waals surface area contributed by atoms with Crippen molar-refractivity contribution in [3.63, 3.8) is 0 Å². The molecule has 0 saturated heterocycles. The van der Waals surface area contributed by atoms with Crippen molar-refractivity contribution in [2.45, 2.75) is 39.0 Å². The molecule has 1 N–H and O–H groups in total. The Kier molecular flexibility index (Phi) is 5.20. The summed E-state index contributed by atoms with van der Waals surface area (Å²) in [6.07, 6.45) is 7.76. The third-order valence-corrected chi connectivity index (χ3v) is 4.20. The lowest BCUT2D eigenvalue weighted by atomic mass is 9.72. The maximum Gasteiger partial charge on any atom is 0.137 e. The predicted molar refractivity (Wildman–Crippen MR) is 78.6 cm³/mol. The Morgan fingerprint density at radius 2 is 2.21 bits per heavy atom. The van der Waals surface area contributed by atoms with Gasteiger partial charge in [0.05, 0.1) is 12.8 Å². The number of aromatic nitrogens is 1. The number of hydrogen-bond acceptors (Lipinski definition) is 3. The normalized spacial score (nSPS) is 27.2. The fourth-order valence-corrected chi connectivity index (χ4v) is 3.24. The molecule has 3 unspecified atom stereocenters. The number of hydrogen-bond donors (Lipinski definition) is 1. The van der Waals surface area contributed by atoms with Crippen LogP contribution in [0, 0.1) is 11.8 Å². The minimum atomic E-state index is 0.615. The van der Waals surface area contributed by atoms with E-state index >= 15 is 0 Å². The zero-order chi connectivity index (χ0) is 13.7. The molecule has 0 spiro atoms. The Balaban J connectivity index is 2.17. The molecule has 0 amide bonds. The smallest absolute Gasteiger partial charge is 0.137 e. The molecule has 1 aromatic rings. The third-order valence-electron chi connectivity index (χ3n) is 4.20. The van der Waals surface area contributed by atoms with Gasteiger partial charge >= 0.3 is 0 Å². The van der Waals surface area contributed by atoms with E-state index in [9.17, 15) is 0 Å². The summed E-state index contributed by atoms with van der Waals surface area (Å²) in [4.78, 5) is 4.35. The van der Waals surface area contributed by atoms with Crippen molar-refractivity contribution in [3.8, 4) is 5.75 Å². The molecule has 1 aliphatic rings. The van der Waals surface area contributed by atoms with E-state index in [4.69, 9.17) is 4.74 Å². The van der Waals surface area contributed by atoms with Gasteiger partial charge in [0.15, 0.2) is 0 Å². The van der Waals surface area contributed by atoms with Gasteiger partial charge in [0.25, 0.3) is 0 Å². The Morgan fingerprint density at radius 3 is 2.95 bits per heavy atom. The van der Waals surface area contributed by atoms with E-state index in [2.05, 4.69) is 23.3 Å². The van der Waals surface area contributed by atoms with Crippen molar-refractivity contribution in [1.29, 1.82) is 0 Å². The van der Waals surface area contributed by atoms with Crippen LogP contribution in [0.25, 0.3) is 0 Å². The summed E-state index contributed by atoms with van der Waals surface area (Å²) in [5.41, 5.74) is 1.35. The average molecular weight is 262 g/mol. The molecule has 0 radical (unpaired) electrons. The van der Waals surface area contributed by atoms with Crippen LogP contribution in [0.4, 0.5) is 0 Å². The zero-order valence-corrected chi connectivity index (χ0v) is 12.4. The van der Waals surface area contributed by atoms with Gasteiger partial charge in [0, 0.05) is 6.20 Å². The minimum absolute atomic E-state index is 0.615. The quantitative estimate of drug-likeness (QED) is 0.884. The van der Waals surface area contributed by atoms with E-state index in [1.807, 2.05) is 26.4 Å². The molecule has 2 rings (SSSR count). The highest BCUT2D eigenvalue weighted by Crippen LogP contribution is 2.40. The fourth-order valence-electron chi connectivity index (χ4n) is 3.24. The summed E-state index contributed by atoms with van der Waals surface area (Å²) in [5, 5.41) is 3.34. The number of rotatable bonds is 5. The molecule has 19 heavy (non-hydrogen) atoms. The number of nitrogens with zero attached hydrogens (tertiary/aromatic N) is 1. The van der Waals surface area contributed by atoms with Crippen LogP contribution in [0.5, 0.6) is 5.75 Å². The molecule has 1 saturated carbocycles. The van der Waals surface area contributed by atoms with Crippen LogP contribution in [0.15, 0.2) is 18.5 Å². The molecule has 0 aliphatic heterocycles. The molecule has 3 atom stereocenters. The van der Waals surface area contributed by atoms with Gasteiger partial charge in [-0.05, 0) is 62.7 Å². The monoisotopic (exact) mass is 262 g/mol. The topological polar surface area (TPSA) is 34.1 Å². The van der Waals surface area contributed by atoms with E-state index < -0.39 is 0 Å². The number of pyridine rings is 1. The maximum absolute atomic E-state index is 5.58. The Hall–Kier alpha value is -1.09. The number of ether oxygens (including phenoxy) is 1. The second kappa shape index (κ2) is 6.90. The van der Waals surface area contributed by atoms with Gasteiger partial charge in [-0.15, -0.1) is 0 Å². The van der Waals surface area contributed by atoms with Crippen molar-refractivity contribution in [2.75, 3.05) is 20.2 Å². The Morgan fingerprint density at radius 1 is 1.37 bits per heavy atom. The standard InChI is InChI=1S/C16H26N2O/c1-4-19-15-8-14(10-18-11-15)16-7-12(2)5-6-13(16)9-17-3/h8,10-13,16-17H,4-7,9H2,1-3H3. The first-order valence-corrected chi connectivity index (χ1v) is 7.47. The van der Waals surface area contributed by atoms with Crippen LogP contribution in [0.2, 0.25) is 0 Å². The minimum Gasteiger partial charge on any atom is -0.492 e. The molecule has 106 valence electrons. The molecule has 1 fully saturated rings. The number of nitrogens with one attached hydrogen (secondary N) is 1. The van der Waals surface area contributed by atoms with Gasteiger partial charge in [-0.2, -0.15) is 0 Å². The van der Waals surface area contributed by atoms with Crippen molar-refractivity contribution >= 4 is 0 Å². The van der Waals surface area contributed by atoms with Gasteiger partial charge < -0.3 is 10.1 Å². The van der Waals surface area contributed by atoms with Crippen molar-refractivity contribution in [3.05, 3.63) is 24.0 Å². The highest BCUT2D eigenvalue weighted by Gasteiger charge is 2.29. The molecule has 0 aromatic carbocycles.